The highest BCUT2D eigenvalue weighted by molar-refractivity contribution is 7.59. The second-order valence-electron chi connectivity index (χ2n) is 16.2. The van der Waals surface area contributed by atoms with E-state index >= 15 is 0 Å². The van der Waals surface area contributed by atoms with Crippen molar-refractivity contribution in [2.24, 2.45) is 21.7 Å². The van der Waals surface area contributed by atoms with Crippen molar-refractivity contribution in [2.45, 2.75) is 146 Å². The van der Waals surface area contributed by atoms with Crippen LogP contribution in [0.2, 0.25) is 0 Å². The molecule has 0 spiro atoms. The van der Waals surface area contributed by atoms with E-state index in [-0.39, 0.29) is 52.3 Å². The van der Waals surface area contributed by atoms with E-state index in [0.29, 0.717) is 65.2 Å². The van der Waals surface area contributed by atoms with Crippen molar-refractivity contribution in [3.05, 3.63) is 0 Å². The van der Waals surface area contributed by atoms with Gasteiger partial charge in [0.05, 0.1) is 34.9 Å². The molecule has 0 aromatic carbocycles. The minimum absolute atomic E-state index is 0. The summed E-state index contributed by atoms with van der Waals surface area (Å²) in [6.45, 7) is 22.4. The summed E-state index contributed by atoms with van der Waals surface area (Å²) in [7, 11) is 7.75. The Morgan fingerprint density at radius 2 is 0.769 bits per heavy atom. The van der Waals surface area contributed by atoms with E-state index in [9.17, 15) is 19.2 Å². The third kappa shape index (κ3) is 24.7. The van der Waals surface area contributed by atoms with Crippen LogP contribution in [0.4, 0.5) is 0 Å². The highest BCUT2D eigenvalue weighted by Crippen LogP contribution is 2.39. The molecule has 0 aliphatic heterocycles. The Morgan fingerprint density at radius 1 is 0.481 bits per heavy atom. The monoisotopic (exact) mass is 783 g/mol. The number of ether oxygens (including phenoxy) is 4. The molecule has 2 unspecified atom stereocenters. The fourth-order valence-electron chi connectivity index (χ4n) is 5.55. The molecule has 0 aromatic rings. The van der Waals surface area contributed by atoms with E-state index in [2.05, 4.69) is 13.8 Å². The summed E-state index contributed by atoms with van der Waals surface area (Å²) in [5.41, 5.74) is -2.79. The highest BCUT2D eigenvalue weighted by Gasteiger charge is 2.44. The molecule has 312 valence electrons. The van der Waals surface area contributed by atoms with Gasteiger partial charge in [-0.3, -0.25) is 19.2 Å². The zero-order valence-corrected chi connectivity index (χ0v) is 37.7. The van der Waals surface area contributed by atoms with Crippen molar-refractivity contribution < 1.29 is 39.6 Å². The Kier molecular flexibility index (Phi) is 32.8. The lowest BCUT2D eigenvalue weighted by molar-refractivity contribution is -0.164. The molecule has 0 rings (SSSR count). The van der Waals surface area contributed by atoms with Gasteiger partial charge in [0.15, 0.2) is 0 Å². The van der Waals surface area contributed by atoms with Crippen LogP contribution < -0.4 is 0 Å². The molecule has 0 radical (unpaired) electrons. The maximum atomic E-state index is 12.5. The SMILES string of the molecule is CCCCCCOC(=O)C(C)(C)CC(C)(CC)C(=O)OCCN(C)C.CCCCCCOC(=O)C(C)(C)CC(C)(CC)C(=O)OCCN(C)C.S.[H+].[SH-]. The molecule has 52 heavy (non-hydrogen) atoms. The summed E-state index contributed by atoms with van der Waals surface area (Å²) in [5.74, 6) is -0.934. The van der Waals surface area contributed by atoms with Gasteiger partial charge in [0.2, 0.25) is 0 Å². The Labute approximate surface area is 334 Å². The van der Waals surface area contributed by atoms with Crippen LogP contribution >= 0.6 is 13.5 Å². The van der Waals surface area contributed by atoms with E-state index in [4.69, 9.17) is 18.9 Å². The van der Waals surface area contributed by atoms with Crippen LogP contribution in [-0.2, 0) is 51.6 Å². The van der Waals surface area contributed by atoms with Gasteiger partial charge in [-0.05, 0) is 108 Å². The largest absolute Gasteiger partial charge is 1.00 e. The van der Waals surface area contributed by atoms with Crippen LogP contribution in [0.1, 0.15) is 148 Å². The predicted octanol–water partition coefficient (Wildman–Crippen LogP) is 8.05. The van der Waals surface area contributed by atoms with Crippen LogP contribution in [0, 0.1) is 21.7 Å². The van der Waals surface area contributed by atoms with E-state index in [0.717, 1.165) is 51.4 Å². The van der Waals surface area contributed by atoms with Crippen LogP contribution in [0.15, 0.2) is 0 Å². The summed E-state index contributed by atoms with van der Waals surface area (Å²) in [5, 5.41) is 0. The van der Waals surface area contributed by atoms with Gasteiger partial charge < -0.3 is 42.2 Å². The standard InChI is InChI=1S/2C20H39NO4.2H2S/c2*1-8-10-11-12-14-24-17(22)19(3,4)16-20(5,9-2)18(23)25-15-13-21(6)7;;/h2*8-16H2,1-7H3;2*1H2. The average Bonchev–Trinajstić information content (AvgIpc) is 3.03. The van der Waals surface area contributed by atoms with Gasteiger partial charge in [-0.25, -0.2) is 0 Å². The third-order valence-electron chi connectivity index (χ3n) is 9.32. The smallest absolute Gasteiger partial charge is 0.813 e. The first-order valence-corrected chi connectivity index (χ1v) is 19.2. The number of carbonyl (C=O) groups is 4. The minimum Gasteiger partial charge on any atom is -0.813 e. The predicted molar refractivity (Wildman–Crippen MR) is 223 cm³/mol. The lowest BCUT2D eigenvalue weighted by Crippen LogP contribution is -2.39. The Morgan fingerprint density at radius 3 is 1.02 bits per heavy atom. The van der Waals surface area contributed by atoms with Gasteiger partial charge in [-0.1, -0.05) is 66.2 Å². The van der Waals surface area contributed by atoms with Crippen LogP contribution in [0.5, 0.6) is 0 Å². The minimum atomic E-state index is -0.712. The first-order chi connectivity index (χ1) is 23.2. The maximum absolute atomic E-state index is 12.5. The Hall–Kier alpha value is -1.50. The topological polar surface area (TPSA) is 112 Å². The molecule has 0 aliphatic carbocycles. The molecule has 0 N–H and O–H groups in total. The lowest BCUT2D eigenvalue weighted by atomic mass is 9.72. The van der Waals surface area contributed by atoms with Crippen LogP contribution in [-0.4, -0.2) is 101 Å². The fraction of sp³-hybridized carbons (Fsp3) is 0.900. The van der Waals surface area contributed by atoms with Crippen molar-refractivity contribution in [3.8, 4) is 0 Å². The van der Waals surface area contributed by atoms with E-state index in [1.54, 1.807) is 0 Å². The van der Waals surface area contributed by atoms with Gasteiger partial charge in [0, 0.05) is 13.1 Å². The second kappa shape index (κ2) is 29.8. The molecule has 0 saturated heterocycles. The van der Waals surface area contributed by atoms with Crippen molar-refractivity contribution in [1.29, 1.82) is 0 Å². The molecule has 10 nitrogen and oxygen atoms in total. The van der Waals surface area contributed by atoms with E-state index in [1.165, 1.54) is 0 Å². The molecule has 0 heterocycles. The van der Waals surface area contributed by atoms with Crippen LogP contribution in [0.25, 0.3) is 0 Å². The molecule has 0 aliphatic rings. The summed E-state index contributed by atoms with van der Waals surface area (Å²) in [4.78, 5) is 53.8. The first kappa shape index (κ1) is 57.2. The molecule has 0 saturated carbocycles. The van der Waals surface area contributed by atoms with Crippen molar-refractivity contribution in [3.63, 3.8) is 0 Å². The first-order valence-electron chi connectivity index (χ1n) is 19.2. The molecule has 0 bridgehead atoms. The number of esters is 4. The van der Waals surface area contributed by atoms with E-state index < -0.39 is 21.7 Å². The molecular formula is C40H82N2O8S2. The quantitative estimate of drug-likeness (QED) is 0.0280. The van der Waals surface area contributed by atoms with E-state index in [1.807, 2.05) is 93.4 Å². The molecule has 2 atom stereocenters. The number of thiol groups is 1. The number of hydrogen-bond acceptors (Lipinski definition) is 11. The normalized spacial score (nSPS) is 13.7. The summed E-state index contributed by atoms with van der Waals surface area (Å²) in [6.07, 6.45) is 10.7. The summed E-state index contributed by atoms with van der Waals surface area (Å²) >= 11 is 0. The Bertz CT molecular complexity index is 908. The average molecular weight is 783 g/mol. The maximum Gasteiger partial charge on any atom is 1.00 e. The summed E-state index contributed by atoms with van der Waals surface area (Å²) < 4.78 is 21.7. The van der Waals surface area contributed by atoms with Crippen molar-refractivity contribution >= 4 is 50.9 Å². The molecule has 0 aromatic heterocycles. The number of unbranched alkanes of at least 4 members (excludes halogenated alkanes) is 6. The number of nitrogens with zero attached hydrogens (tertiary/aromatic N) is 2. The number of rotatable bonds is 26. The zero-order valence-electron chi connectivity index (χ0n) is 36.8. The van der Waals surface area contributed by atoms with Gasteiger partial charge in [-0.15, -0.1) is 0 Å². The fourth-order valence-corrected chi connectivity index (χ4v) is 5.55. The summed E-state index contributed by atoms with van der Waals surface area (Å²) in [6, 6.07) is 0. The van der Waals surface area contributed by atoms with Crippen molar-refractivity contribution in [1.82, 2.24) is 9.80 Å². The number of likely N-dealkylation sites (N-methyl/N-ethyl adjacent to an activating group) is 2. The molecule has 12 heteroatoms. The van der Waals surface area contributed by atoms with Crippen molar-refractivity contribution in [2.75, 3.05) is 67.7 Å². The van der Waals surface area contributed by atoms with Gasteiger partial charge in [-0.2, -0.15) is 13.5 Å². The second-order valence-corrected chi connectivity index (χ2v) is 16.2. The molecule has 0 amide bonds. The third-order valence-corrected chi connectivity index (χ3v) is 9.32. The highest BCUT2D eigenvalue weighted by atomic mass is 32.1. The van der Waals surface area contributed by atoms with Crippen LogP contribution in [0.3, 0.4) is 0 Å². The van der Waals surface area contributed by atoms with Gasteiger partial charge in [0.1, 0.15) is 13.2 Å². The lowest BCUT2D eigenvalue weighted by Gasteiger charge is -2.33. The zero-order chi connectivity index (χ0) is 39.0. The van der Waals surface area contributed by atoms with Gasteiger partial charge in [0.25, 0.3) is 0 Å². The molecule has 0 fully saturated rings. The van der Waals surface area contributed by atoms with Gasteiger partial charge >= 0.3 is 25.3 Å². The number of carbonyl (C=O) groups excluding carboxylic acids is 4. The number of hydrogen-bond donors (Lipinski definition) is 0. The molecular weight excluding hydrogens is 701 g/mol. The Balaban J connectivity index is -0.000000274.